The zero-order valence-electron chi connectivity index (χ0n) is 22.6. The summed E-state index contributed by atoms with van der Waals surface area (Å²) >= 11 is 0. The van der Waals surface area contributed by atoms with Crippen molar-refractivity contribution in [2.24, 2.45) is 0 Å². The maximum atomic E-state index is 15.8. The van der Waals surface area contributed by atoms with Crippen molar-refractivity contribution in [3.05, 3.63) is 90.1 Å². The standard InChI is InChI=1S/C29H26F2N6O4S/c1-3-10-42(40,41)35-23-7-6-22(30)29(27(23)31)37-15-21(20-12-32-17-33-13-20)28-24(37)8-9-26(34-28)36(2)14-18-4-5-19(16-38)25(39)11-18/h4-9,11-13,15-17,35,39H,3,10,14H2,1-2H3. The lowest BCUT2D eigenvalue weighted by Gasteiger charge is -2.19. The molecule has 0 spiro atoms. The molecule has 0 amide bonds. The van der Waals surface area contributed by atoms with Crippen molar-refractivity contribution in [3.63, 3.8) is 0 Å². The number of hydrogen-bond donors (Lipinski definition) is 2. The van der Waals surface area contributed by atoms with Gasteiger partial charge in [-0.3, -0.25) is 9.52 Å². The summed E-state index contributed by atoms with van der Waals surface area (Å²) in [6, 6.07) is 10.1. The Hall–Kier alpha value is -4.91. The number of hydrogen-bond acceptors (Lipinski definition) is 8. The van der Waals surface area contributed by atoms with Crippen LogP contribution in [0.1, 0.15) is 29.3 Å². The molecule has 3 aromatic heterocycles. The molecule has 42 heavy (non-hydrogen) atoms. The Morgan fingerprint density at radius 2 is 1.86 bits per heavy atom. The number of pyridine rings is 1. The van der Waals surface area contributed by atoms with Gasteiger partial charge >= 0.3 is 0 Å². The van der Waals surface area contributed by atoms with Gasteiger partial charge in [0.2, 0.25) is 10.0 Å². The van der Waals surface area contributed by atoms with Gasteiger partial charge in [-0.05, 0) is 48.4 Å². The van der Waals surface area contributed by atoms with Crippen LogP contribution < -0.4 is 9.62 Å². The van der Waals surface area contributed by atoms with Crippen molar-refractivity contribution in [3.8, 4) is 22.6 Å². The van der Waals surface area contributed by atoms with Gasteiger partial charge in [-0.2, -0.15) is 0 Å². The largest absolute Gasteiger partial charge is 0.507 e. The number of halogens is 2. The Balaban J connectivity index is 1.62. The van der Waals surface area contributed by atoms with Gasteiger partial charge < -0.3 is 14.6 Å². The molecular weight excluding hydrogens is 566 g/mol. The molecule has 3 heterocycles. The number of sulfonamides is 1. The van der Waals surface area contributed by atoms with Gasteiger partial charge in [0, 0.05) is 43.3 Å². The topological polar surface area (TPSA) is 130 Å². The highest BCUT2D eigenvalue weighted by molar-refractivity contribution is 7.92. The van der Waals surface area contributed by atoms with Gasteiger partial charge in [0.15, 0.2) is 12.1 Å². The average molecular weight is 593 g/mol. The van der Waals surface area contributed by atoms with E-state index in [1.54, 1.807) is 44.6 Å². The van der Waals surface area contributed by atoms with Gasteiger partial charge in [0.1, 0.15) is 29.4 Å². The van der Waals surface area contributed by atoms with Crippen LogP contribution in [0.4, 0.5) is 20.3 Å². The highest BCUT2D eigenvalue weighted by Crippen LogP contribution is 2.35. The third-order valence-electron chi connectivity index (χ3n) is 6.58. The molecule has 0 atom stereocenters. The summed E-state index contributed by atoms with van der Waals surface area (Å²) in [6.07, 6.45) is 6.84. The van der Waals surface area contributed by atoms with Gasteiger partial charge in [-0.25, -0.2) is 32.2 Å². The zero-order valence-corrected chi connectivity index (χ0v) is 23.4. The number of aldehydes is 1. The molecule has 0 unspecified atom stereocenters. The van der Waals surface area contributed by atoms with Crippen LogP contribution in [0.25, 0.3) is 27.8 Å². The predicted molar refractivity (Wildman–Crippen MR) is 155 cm³/mol. The number of aromatic hydroxyl groups is 1. The molecule has 5 rings (SSSR count). The number of aromatic nitrogens is 4. The van der Waals surface area contributed by atoms with Crippen molar-refractivity contribution in [1.82, 2.24) is 19.5 Å². The van der Waals surface area contributed by atoms with E-state index in [-0.39, 0.29) is 22.8 Å². The van der Waals surface area contributed by atoms with Crippen LogP contribution in [0, 0.1) is 11.6 Å². The second-order valence-corrected chi connectivity index (χ2v) is 11.5. The van der Waals surface area contributed by atoms with Crippen molar-refractivity contribution in [2.75, 3.05) is 22.4 Å². The zero-order chi connectivity index (χ0) is 30.0. The SMILES string of the molecule is CCCS(=O)(=O)Nc1ccc(F)c(-n2cc(-c3cncnc3)c3nc(N(C)Cc4ccc(C=O)c(O)c4)ccc32)c1F. The Bertz CT molecular complexity index is 1900. The van der Waals surface area contributed by atoms with Crippen molar-refractivity contribution >= 4 is 38.8 Å². The Morgan fingerprint density at radius 3 is 2.55 bits per heavy atom. The number of phenols is 1. The quantitative estimate of drug-likeness (QED) is 0.215. The van der Waals surface area contributed by atoms with E-state index in [1.807, 2.05) is 4.90 Å². The molecule has 0 saturated carbocycles. The van der Waals surface area contributed by atoms with Crippen LogP contribution >= 0.6 is 0 Å². The number of carbonyl (C=O) groups is 1. The fourth-order valence-corrected chi connectivity index (χ4v) is 5.74. The molecule has 0 aliphatic rings. The second-order valence-electron chi connectivity index (χ2n) is 9.62. The van der Waals surface area contributed by atoms with Crippen LogP contribution in [0.15, 0.2) is 67.4 Å². The summed E-state index contributed by atoms with van der Waals surface area (Å²) in [5.41, 5.74) is 1.83. The summed E-state index contributed by atoms with van der Waals surface area (Å²) in [5, 5.41) is 10.1. The fourth-order valence-electron chi connectivity index (χ4n) is 4.61. The van der Waals surface area contributed by atoms with Crippen LogP contribution in [-0.2, 0) is 16.6 Å². The summed E-state index contributed by atoms with van der Waals surface area (Å²) < 4.78 is 59.2. The van der Waals surface area contributed by atoms with E-state index in [4.69, 9.17) is 4.98 Å². The lowest BCUT2D eigenvalue weighted by atomic mass is 10.1. The first-order chi connectivity index (χ1) is 20.1. The molecule has 13 heteroatoms. The maximum Gasteiger partial charge on any atom is 0.232 e. The Labute approximate surface area is 240 Å². The van der Waals surface area contributed by atoms with E-state index in [2.05, 4.69) is 14.7 Å². The van der Waals surface area contributed by atoms with Crippen molar-refractivity contribution in [2.45, 2.75) is 19.9 Å². The van der Waals surface area contributed by atoms with Crippen molar-refractivity contribution in [1.29, 1.82) is 0 Å². The van der Waals surface area contributed by atoms with E-state index >= 15 is 8.78 Å². The first-order valence-electron chi connectivity index (χ1n) is 12.9. The van der Waals surface area contributed by atoms with Crippen LogP contribution in [-0.4, -0.2) is 52.1 Å². The highest BCUT2D eigenvalue weighted by atomic mass is 32.2. The molecule has 0 aliphatic carbocycles. The number of rotatable bonds is 10. The molecule has 0 bridgehead atoms. The molecule has 0 fully saturated rings. The number of benzene rings is 2. The lowest BCUT2D eigenvalue weighted by molar-refractivity contribution is 0.112. The average Bonchev–Trinajstić information content (AvgIpc) is 3.33. The predicted octanol–water partition coefficient (Wildman–Crippen LogP) is 5.07. The maximum absolute atomic E-state index is 15.8. The van der Waals surface area contributed by atoms with E-state index in [0.29, 0.717) is 47.2 Å². The third kappa shape index (κ3) is 5.63. The summed E-state index contributed by atoms with van der Waals surface area (Å²) in [4.78, 5) is 25.8. The minimum atomic E-state index is -3.84. The van der Waals surface area contributed by atoms with E-state index in [1.165, 1.54) is 29.2 Å². The van der Waals surface area contributed by atoms with Gasteiger partial charge in [0.25, 0.3) is 0 Å². The molecule has 5 aromatic rings. The number of nitrogens with zero attached hydrogens (tertiary/aromatic N) is 5. The van der Waals surface area contributed by atoms with E-state index in [9.17, 15) is 18.3 Å². The fraction of sp³-hybridized carbons (Fsp3) is 0.172. The van der Waals surface area contributed by atoms with Crippen LogP contribution in [0.2, 0.25) is 0 Å². The van der Waals surface area contributed by atoms with Gasteiger partial charge in [-0.15, -0.1) is 0 Å². The van der Waals surface area contributed by atoms with E-state index in [0.717, 1.165) is 17.7 Å². The van der Waals surface area contributed by atoms with Crippen LogP contribution in [0.3, 0.4) is 0 Å². The molecule has 10 nitrogen and oxygen atoms in total. The summed E-state index contributed by atoms with van der Waals surface area (Å²) in [6.45, 7) is 2.01. The number of carbonyl (C=O) groups excluding carboxylic acids is 1. The molecule has 0 saturated heterocycles. The smallest absolute Gasteiger partial charge is 0.232 e. The van der Waals surface area contributed by atoms with E-state index < -0.39 is 27.3 Å². The monoisotopic (exact) mass is 592 g/mol. The molecule has 2 aromatic carbocycles. The summed E-state index contributed by atoms with van der Waals surface area (Å²) in [5.74, 6) is -1.82. The molecule has 0 aliphatic heterocycles. The Kier molecular flexibility index (Phi) is 7.85. The number of fused-ring (bicyclic) bond motifs is 1. The van der Waals surface area contributed by atoms with Gasteiger partial charge in [-0.1, -0.05) is 13.0 Å². The Morgan fingerprint density at radius 1 is 1.10 bits per heavy atom. The van der Waals surface area contributed by atoms with Crippen molar-refractivity contribution < 1.29 is 27.1 Å². The molecule has 0 radical (unpaired) electrons. The normalized spacial score (nSPS) is 11.5. The third-order valence-corrected chi connectivity index (χ3v) is 8.06. The minimum Gasteiger partial charge on any atom is -0.507 e. The second kappa shape index (κ2) is 11.5. The van der Waals surface area contributed by atoms with Crippen LogP contribution in [0.5, 0.6) is 5.75 Å². The first-order valence-corrected chi connectivity index (χ1v) is 14.5. The summed E-state index contributed by atoms with van der Waals surface area (Å²) in [7, 11) is -2.05. The lowest BCUT2D eigenvalue weighted by Crippen LogP contribution is -2.18. The molecular formula is C29H26F2N6O4S. The highest BCUT2D eigenvalue weighted by Gasteiger charge is 2.23. The van der Waals surface area contributed by atoms with Gasteiger partial charge in [0.05, 0.1) is 28.0 Å². The number of nitrogens with one attached hydrogen (secondary N) is 1. The number of phenolic OH excluding ortho intramolecular Hbond substituents is 1. The first kappa shape index (κ1) is 28.6. The minimum absolute atomic E-state index is 0.133. The molecule has 2 N–H and O–H groups in total. The molecule has 216 valence electrons. The number of anilines is 2.